The van der Waals surface area contributed by atoms with E-state index in [-0.39, 0.29) is 11.9 Å². The maximum absolute atomic E-state index is 12.2. The maximum Gasteiger partial charge on any atom is 0.224 e. The molecule has 1 aromatic rings. The Labute approximate surface area is 107 Å². The van der Waals surface area contributed by atoms with Crippen molar-refractivity contribution in [1.29, 1.82) is 0 Å². The molecule has 2 heterocycles. The first-order valence-corrected chi connectivity index (χ1v) is 6.66. The van der Waals surface area contributed by atoms with Gasteiger partial charge in [0.05, 0.1) is 0 Å². The molecule has 1 fully saturated rings. The van der Waals surface area contributed by atoms with Crippen LogP contribution < -0.4 is 10.6 Å². The number of hydrogen-bond acceptors (Lipinski definition) is 3. The van der Waals surface area contributed by atoms with Gasteiger partial charge >= 0.3 is 0 Å². The van der Waals surface area contributed by atoms with Gasteiger partial charge in [0.15, 0.2) is 0 Å². The highest BCUT2D eigenvalue weighted by molar-refractivity contribution is 5.78. The first kappa shape index (κ1) is 11.5. The van der Waals surface area contributed by atoms with E-state index in [1.807, 2.05) is 11.0 Å². The van der Waals surface area contributed by atoms with Crippen LogP contribution in [-0.2, 0) is 11.2 Å². The molecule has 1 atom stereocenters. The molecule has 1 unspecified atom stereocenters. The third kappa shape index (κ3) is 2.34. The Kier molecular flexibility index (Phi) is 3.19. The highest BCUT2D eigenvalue weighted by Crippen LogP contribution is 2.26. The second-order valence-electron chi connectivity index (χ2n) is 5.04. The maximum atomic E-state index is 12.2. The molecule has 2 aliphatic heterocycles. The summed E-state index contributed by atoms with van der Waals surface area (Å²) in [7, 11) is 0. The van der Waals surface area contributed by atoms with Crippen molar-refractivity contribution in [2.75, 3.05) is 31.5 Å². The van der Waals surface area contributed by atoms with Gasteiger partial charge in [-0.05, 0) is 18.1 Å². The summed E-state index contributed by atoms with van der Waals surface area (Å²) in [6.07, 6.45) is 1.57. The number of amides is 1. The lowest BCUT2D eigenvalue weighted by molar-refractivity contribution is -0.131. The Hall–Kier alpha value is -1.55. The van der Waals surface area contributed by atoms with E-state index in [9.17, 15) is 4.79 Å². The first-order chi connectivity index (χ1) is 8.83. The van der Waals surface area contributed by atoms with E-state index in [1.54, 1.807) is 0 Å². The lowest BCUT2D eigenvalue weighted by Crippen LogP contribution is -2.47. The number of hydrogen-bond donors (Lipinski definition) is 2. The highest BCUT2D eigenvalue weighted by atomic mass is 16.2. The Balaban J connectivity index is 1.57. The molecule has 1 aromatic carbocycles. The van der Waals surface area contributed by atoms with Gasteiger partial charge in [-0.1, -0.05) is 18.2 Å². The second-order valence-corrected chi connectivity index (χ2v) is 5.04. The first-order valence-electron chi connectivity index (χ1n) is 6.66. The predicted molar refractivity (Wildman–Crippen MR) is 71.6 cm³/mol. The average molecular weight is 245 g/mol. The number of para-hydroxylation sites is 1. The van der Waals surface area contributed by atoms with Crippen molar-refractivity contribution in [2.45, 2.75) is 18.9 Å². The van der Waals surface area contributed by atoms with Gasteiger partial charge in [0.1, 0.15) is 0 Å². The Morgan fingerprint density at radius 1 is 1.28 bits per heavy atom. The summed E-state index contributed by atoms with van der Waals surface area (Å²) in [5, 5.41) is 6.71. The van der Waals surface area contributed by atoms with Gasteiger partial charge < -0.3 is 15.5 Å². The molecule has 2 N–H and O–H groups in total. The summed E-state index contributed by atoms with van der Waals surface area (Å²) in [5.74, 6) is 0.279. The highest BCUT2D eigenvalue weighted by Gasteiger charge is 2.25. The van der Waals surface area contributed by atoms with Gasteiger partial charge in [-0.3, -0.25) is 4.79 Å². The van der Waals surface area contributed by atoms with E-state index in [2.05, 4.69) is 28.8 Å². The smallest absolute Gasteiger partial charge is 0.224 e. The molecule has 18 heavy (non-hydrogen) atoms. The van der Waals surface area contributed by atoms with Crippen molar-refractivity contribution < 1.29 is 4.79 Å². The SMILES string of the molecule is O=C(CC1Cc2ccccc2N1)N1CCNCC1. The molecule has 0 aromatic heterocycles. The minimum absolute atomic E-state index is 0.268. The quantitative estimate of drug-likeness (QED) is 0.811. The van der Waals surface area contributed by atoms with Gasteiger partial charge in [0.2, 0.25) is 5.91 Å². The van der Waals surface area contributed by atoms with E-state index in [0.29, 0.717) is 6.42 Å². The van der Waals surface area contributed by atoms with E-state index in [0.717, 1.165) is 32.6 Å². The van der Waals surface area contributed by atoms with Crippen LogP contribution in [0, 0.1) is 0 Å². The van der Waals surface area contributed by atoms with Crippen molar-refractivity contribution in [2.24, 2.45) is 0 Å². The van der Waals surface area contributed by atoms with Crippen molar-refractivity contribution in [3.63, 3.8) is 0 Å². The van der Waals surface area contributed by atoms with Crippen LogP contribution >= 0.6 is 0 Å². The Morgan fingerprint density at radius 2 is 2.06 bits per heavy atom. The van der Waals surface area contributed by atoms with Crippen LogP contribution in [0.4, 0.5) is 5.69 Å². The van der Waals surface area contributed by atoms with E-state index in [4.69, 9.17) is 0 Å². The number of carbonyl (C=O) groups excluding carboxylic acids is 1. The fourth-order valence-electron chi connectivity index (χ4n) is 2.75. The number of fused-ring (bicyclic) bond motifs is 1. The van der Waals surface area contributed by atoms with Crippen LogP contribution in [0.5, 0.6) is 0 Å². The van der Waals surface area contributed by atoms with Gasteiger partial charge in [-0.2, -0.15) is 0 Å². The fourth-order valence-corrected chi connectivity index (χ4v) is 2.75. The van der Waals surface area contributed by atoms with Crippen molar-refractivity contribution in [3.05, 3.63) is 29.8 Å². The van der Waals surface area contributed by atoms with Crippen LogP contribution in [0.25, 0.3) is 0 Å². The van der Waals surface area contributed by atoms with Crippen molar-refractivity contribution in [3.8, 4) is 0 Å². The molecule has 0 aliphatic carbocycles. The van der Waals surface area contributed by atoms with Gasteiger partial charge in [-0.25, -0.2) is 0 Å². The van der Waals surface area contributed by atoms with E-state index >= 15 is 0 Å². The molecule has 0 spiro atoms. The molecule has 2 aliphatic rings. The summed E-state index contributed by atoms with van der Waals surface area (Å²) >= 11 is 0. The summed E-state index contributed by atoms with van der Waals surface area (Å²) in [4.78, 5) is 14.1. The van der Waals surface area contributed by atoms with Crippen LogP contribution in [0.1, 0.15) is 12.0 Å². The number of rotatable bonds is 2. The zero-order chi connectivity index (χ0) is 12.4. The van der Waals surface area contributed by atoms with E-state index in [1.165, 1.54) is 11.3 Å². The van der Waals surface area contributed by atoms with Gasteiger partial charge in [-0.15, -0.1) is 0 Å². The minimum Gasteiger partial charge on any atom is -0.381 e. The molecular weight excluding hydrogens is 226 g/mol. The predicted octanol–water partition coefficient (Wildman–Crippen LogP) is 0.845. The van der Waals surface area contributed by atoms with E-state index < -0.39 is 0 Å². The number of anilines is 1. The molecule has 4 heteroatoms. The minimum atomic E-state index is 0.268. The average Bonchev–Trinajstić information content (AvgIpc) is 2.82. The van der Waals surface area contributed by atoms with Gasteiger partial charge in [0.25, 0.3) is 0 Å². The third-order valence-electron chi connectivity index (χ3n) is 3.73. The second kappa shape index (κ2) is 4.98. The molecule has 1 saturated heterocycles. The molecule has 4 nitrogen and oxygen atoms in total. The number of piperazine rings is 1. The zero-order valence-corrected chi connectivity index (χ0v) is 10.5. The molecule has 0 radical (unpaired) electrons. The summed E-state index contributed by atoms with van der Waals surface area (Å²) in [6.45, 7) is 3.53. The van der Waals surface area contributed by atoms with Crippen molar-refractivity contribution >= 4 is 11.6 Å². The molecular formula is C14H19N3O. The number of benzene rings is 1. The monoisotopic (exact) mass is 245 g/mol. The third-order valence-corrected chi connectivity index (χ3v) is 3.73. The molecule has 0 saturated carbocycles. The Morgan fingerprint density at radius 3 is 2.83 bits per heavy atom. The molecule has 3 rings (SSSR count). The molecule has 0 bridgehead atoms. The van der Waals surface area contributed by atoms with Crippen LogP contribution in [0.2, 0.25) is 0 Å². The molecule has 96 valence electrons. The number of nitrogens with zero attached hydrogens (tertiary/aromatic N) is 1. The standard InChI is InChI=1S/C14H19N3O/c18-14(17-7-5-15-6-8-17)10-12-9-11-3-1-2-4-13(11)16-12/h1-4,12,15-16H,5-10H2. The normalized spacial score (nSPS) is 22.4. The largest absolute Gasteiger partial charge is 0.381 e. The van der Waals surface area contributed by atoms with Crippen LogP contribution in [0.3, 0.4) is 0 Å². The fraction of sp³-hybridized carbons (Fsp3) is 0.500. The topological polar surface area (TPSA) is 44.4 Å². The summed E-state index contributed by atoms with van der Waals surface area (Å²) < 4.78 is 0. The zero-order valence-electron chi connectivity index (χ0n) is 10.5. The molecule has 1 amide bonds. The van der Waals surface area contributed by atoms with Crippen LogP contribution in [-0.4, -0.2) is 43.0 Å². The van der Waals surface area contributed by atoms with Crippen molar-refractivity contribution in [1.82, 2.24) is 10.2 Å². The summed E-state index contributed by atoms with van der Waals surface area (Å²) in [6, 6.07) is 8.58. The Bertz CT molecular complexity index is 415. The lowest BCUT2D eigenvalue weighted by Gasteiger charge is -2.28. The van der Waals surface area contributed by atoms with Crippen LogP contribution in [0.15, 0.2) is 24.3 Å². The van der Waals surface area contributed by atoms with Gasteiger partial charge in [0, 0.05) is 44.3 Å². The number of nitrogens with one attached hydrogen (secondary N) is 2. The summed E-state index contributed by atoms with van der Waals surface area (Å²) in [5.41, 5.74) is 2.52. The lowest BCUT2D eigenvalue weighted by atomic mass is 10.1. The number of carbonyl (C=O) groups is 1.